The molecule has 1 amide bonds. The molecule has 0 spiro atoms. The summed E-state index contributed by atoms with van der Waals surface area (Å²) in [5, 5.41) is 3.89. The van der Waals surface area contributed by atoms with Gasteiger partial charge in [0.2, 0.25) is 0 Å². The fourth-order valence-corrected chi connectivity index (χ4v) is 4.40. The molecule has 2 heterocycles. The molecular formula is C19H23Cl2N3O2S. The molecule has 146 valence electrons. The van der Waals surface area contributed by atoms with Gasteiger partial charge in [0.15, 0.2) is 16.5 Å². The van der Waals surface area contributed by atoms with E-state index in [1.54, 1.807) is 17.4 Å². The number of para-hydroxylation sites is 1. The fourth-order valence-electron chi connectivity index (χ4n) is 3.47. The second kappa shape index (κ2) is 9.55. The number of nitrogens with two attached hydrogens (primary N) is 1. The van der Waals surface area contributed by atoms with Crippen molar-refractivity contribution in [2.75, 3.05) is 6.54 Å². The SMILES string of the molecule is Cl.Cl.NCC1CCCCC1NC(=O)c1ccc(-c2nc3ccccc3s2)o1. The number of aromatic nitrogens is 1. The molecule has 3 N–H and O–H groups in total. The average Bonchev–Trinajstić information content (AvgIpc) is 3.29. The number of carbonyl (C=O) groups excluding carboxylic acids is 1. The Morgan fingerprint density at radius 2 is 1.96 bits per heavy atom. The quantitative estimate of drug-likeness (QED) is 0.634. The summed E-state index contributed by atoms with van der Waals surface area (Å²) in [4.78, 5) is 17.1. The van der Waals surface area contributed by atoms with Crippen molar-refractivity contribution >= 4 is 52.3 Å². The fraction of sp³-hybridized carbons (Fsp3) is 0.368. The Hall–Kier alpha value is -1.60. The highest BCUT2D eigenvalue weighted by Gasteiger charge is 2.26. The van der Waals surface area contributed by atoms with Crippen molar-refractivity contribution in [3.8, 4) is 10.8 Å². The van der Waals surface area contributed by atoms with Crippen LogP contribution in [0.3, 0.4) is 0 Å². The van der Waals surface area contributed by atoms with Gasteiger partial charge in [-0.1, -0.05) is 25.0 Å². The van der Waals surface area contributed by atoms with E-state index in [4.69, 9.17) is 10.2 Å². The van der Waals surface area contributed by atoms with Crippen LogP contribution < -0.4 is 11.1 Å². The number of hydrogen-bond acceptors (Lipinski definition) is 5. The second-order valence-electron chi connectivity index (χ2n) is 6.51. The Morgan fingerprint density at radius 1 is 1.19 bits per heavy atom. The van der Waals surface area contributed by atoms with Gasteiger partial charge in [-0.2, -0.15) is 0 Å². The number of fused-ring (bicyclic) bond motifs is 1. The molecule has 0 radical (unpaired) electrons. The number of rotatable bonds is 4. The molecule has 1 aromatic carbocycles. The van der Waals surface area contributed by atoms with Crippen LogP contribution in [-0.2, 0) is 0 Å². The van der Waals surface area contributed by atoms with E-state index in [2.05, 4.69) is 10.3 Å². The number of halogens is 2. The van der Waals surface area contributed by atoms with Crippen LogP contribution in [0.4, 0.5) is 0 Å². The predicted octanol–water partition coefficient (Wildman–Crippen LogP) is 4.65. The van der Waals surface area contributed by atoms with E-state index in [-0.39, 0.29) is 36.8 Å². The van der Waals surface area contributed by atoms with Gasteiger partial charge in [-0.25, -0.2) is 4.98 Å². The summed E-state index contributed by atoms with van der Waals surface area (Å²) in [6.07, 6.45) is 4.39. The number of nitrogens with zero attached hydrogens (tertiary/aromatic N) is 1. The van der Waals surface area contributed by atoms with Gasteiger partial charge in [-0.3, -0.25) is 4.79 Å². The first-order chi connectivity index (χ1) is 12.2. The zero-order valence-corrected chi connectivity index (χ0v) is 17.2. The zero-order chi connectivity index (χ0) is 17.2. The molecule has 1 aliphatic carbocycles. The molecule has 8 heteroatoms. The van der Waals surface area contributed by atoms with Crippen molar-refractivity contribution < 1.29 is 9.21 Å². The Kier molecular flexibility index (Phi) is 7.68. The second-order valence-corrected chi connectivity index (χ2v) is 7.54. The maximum absolute atomic E-state index is 12.5. The minimum atomic E-state index is -0.169. The molecule has 2 unspecified atom stereocenters. The van der Waals surface area contributed by atoms with Gasteiger partial charge < -0.3 is 15.5 Å². The van der Waals surface area contributed by atoms with Crippen molar-refractivity contribution in [3.05, 3.63) is 42.2 Å². The molecule has 1 fully saturated rings. The number of amides is 1. The first-order valence-corrected chi connectivity index (χ1v) is 9.53. The normalized spacial score (nSPS) is 19.1. The lowest BCUT2D eigenvalue weighted by atomic mass is 9.84. The standard InChI is InChI=1S/C19H21N3O2S.2ClH/c20-11-12-5-1-2-6-13(12)21-18(23)15-9-10-16(24-15)19-22-14-7-3-4-8-17(14)25-19;;/h3-4,7-10,12-13H,1-2,5-6,11,20H2,(H,21,23);2*1H. The van der Waals surface area contributed by atoms with Crippen molar-refractivity contribution in [3.63, 3.8) is 0 Å². The van der Waals surface area contributed by atoms with E-state index in [1.807, 2.05) is 30.3 Å². The number of carbonyl (C=O) groups is 1. The van der Waals surface area contributed by atoms with Gasteiger partial charge in [0.1, 0.15) is 0 Å². The summed E-state index contributed by atoms with van der Waals surface area (Å²) < 4.78 is 6.88. The first-order valence-electron chi connectivity index (χ1n) is 8.71. The van der Waals surface area contributed by atoms with Gasteiger partial charge in [0.05, 0.1) is 10.2 Å². The van der Waals surface area contributed by atoms with E-state index < -0.39 is 0 Å². The smallest absolute Gasteiger partial charge is 0.287 e. The van der Waals surface area contributed by atoms with E-state index in [0.29, 0.717) is 24.0 Å². The highest BCUT2D eigenvalue weighted by Crippen LogP contribution is 2.31. The lowest BCUT2D eigenvalue weighted by molar-refractivity contribution is 0.0880. The summed E-state index contributed by atoms with van der Waals surface area (Å²) in [5.41, 5.74) is 6.79. The Labute approximate surface area is 174 Å². The van der Waals surface area contributed by atoms with Crippen molar-refractivity contribution in [1.29, 1.82) is 0 Å². The van der Waals surface area contributed by atoms with E-state index in [1.165, 1.54) is 6.42 Å². The minimum absolute atomic E-state index is 0. The molecular weight excluding hydrogens is 405 g/mol. The Morgan fingerprint density at radius 3 is 2.74 bits per heavy atom. The molecule has 4 rings (SSSR count). The summed E-state index contributed by atoms with van der Waals surface area (Å²) >= 11 is 1.56. The zero-order valence-electron chi connectivity index (χ0n) is 14.7. The molecule has 0 saturated heterocycles. The minimum Gasteiger partial charge on any atom is -0.448 e. The van der Waals surface area contributed by atoms with Gasteiger partial charge >= 0.3 is 0 Å². The highest BCUT2D eigenvalue weighted by atomic mass is 35.5. The third-order valence-electron chi connectivity index (χ3n) is 4.86. The molecule has 0 aliphatic heterocycles. The number of thiazole rings is 1. The van der Waals surface area contributed by atoms with Crippen LogP contribution in [0, 0.1) is 5.92 Å². The molecule has 2 aromatic heterocycles. The van der Waals surface area contributed by atoms with Crippen LogP contribution in [-0.4, -0.2) is 23.5 Å². The largest absolute Gasteiger partial charge is 0.448 e. The van der Waals surface area contributed by atoms with Crippen LogP contribution in [0.5, 0.6) is 0 Å². The van der Waals surface area contributed by atoms with Crippen LogP contribution in [0.2, 0.25) is 0 Å². The summed E-state index contributed by atoms with van der Waals surface area (Å²) in [5.74, 6) is 1.15. The molecule has 1 aliphatic rings. The van der Waals surface area contributed by atoms with Crippen molar-refractivity contribution in [2.45, 2.75) is 31.7 Å². The summed E-state index contributed by atoms with van der Waals surface area (Å²) in [7, 11) is 0. The van der Waals surface area contributed by atoms with Crippen LogP contribution in [0.15, 0.2) is 40.8 Å². The average molecular weight is 428 g/mol. The van der Waals surface area contributed by atoms with Crippen LogP contribution in [0.25, 0.3) is 21.0 Å². The van der Waals surface area contributed by atoms with Gasteiger partial charge in [-0.15, -0.1) is 36.2 Å². The summed E-state index contributed by atoms with van der Waals surface area (Å²) in [6, 6.07) is 11.6. The maximum atomic E-state index is 12.5. The molecule has 3 aromatic rings. The van der Waals surface area contributed by atoms with E-state index >= 15 is 0 Å². The number of hydrogen-bond donors (Lipinski definition) is 2. The predicted molar refractivity (Wildman–Crippen MR) is 114 cm³/mol. The number of benzene rings is 1. The lowest BCUT2D eigenvalue weighted by Gasteiger charge is -2.30. The van der Waals surface area contributed by atoms with Crippen molar-refractivity contribution in [1.82, 2.24) is 10.3 Å². The number of furan rings is 1. The molecule has 1 saturated carbocycles. The Bertz CT molecular complexity index is 863. The van der Waals surface area contributed by atoms with Gasteiger partial charge in [0, 0.05) is 6.04 Å². The van der Waals surface area contributed by atoms with E-state index in [9.17, 15) is 4.79 Å². The van der Waals surface area contributed by atoms with E-state index in [0.717, 1.165) is 34.5 Å². The lowest BCUT2D eigenvalue weighted by Crippen LogP contribution is -2.44. The van der Waals surface area contributed by atoms with Crippen LogP contribution in [0.1, 0.15) is 36.2 Å². The number of nitrogens with one attached hydrogen (secondary N) is 1. The topological polar surface area (TPSA) is 81.1 Å². The third-order valence-corrected chi connectivity index (χ3v) is 5.91. The van der Waals surface area contributed by atoms with Crippen molar-refractivity contribution in [2.24, 2.45) is 11.7 Å². The monoisotopic (exact) mass is 427 g/mol. The highest BCUT2D eigenvalue weighted by molar-refractivity contribution is 7.21. The third kappa shape index (κ3) is 4.63. The van der Waals surface area contributed by atoms with Gasteiger partial charge in [0.25, 0.3) is 5.91 Å². The van der Waals surface area contributed by atoms with Gasteiger partial charge in [-0.05, 0) is 49.6 Å². The molecule has 27 heavy (non-hydrogen) atoms. The maximum Gasteiger partial charge on any atom is 0.287 e. The molecule has 5 nitrogen and oxygen atoms in total. The van der Waals surface area contributed by atoms with Crippen LogP contribution >= 0.6 is 36.2 Å². The molecule has 0 bridgehead atoms. The Balaban J connectivity index is 0.00000131. The summed E-state index contributed by atoms with van der Waals surface area (Å²) in [6.45, 7) is 0.611. The first kappa shape index (κ1) is 21.7. The molecule has 2 atom stereocenters.